The molecule has 0 saturated carbocycles. The van der Waals surface area contributed by atoms with Crippen molar-refractivity contribution >= 4 is 27.5 Å². The van der Waals surface area contributed by atoms with Gasteiger partial charge in [-0.2, -0.15) is 0 Å². The van der Waals surface area contributed by atoms with E-state index in [0.717, 1.165) is 37.9 Å². The molecule has 1 aliphatic rings. The summed E-state index contributed by atoms with van der Waals surface area (Å²) in [6.07, 6.45) is 5.99. The Morgan fingerprint density at radius 1 is 1.27 bits per heavy atom. The topological polar surface area (TPSA) is 55.2 Å². The second kappa shape index (κ2) is 7.91. The molecule has 142 valence electrons. The standard InChI is InChI=1S/C20H29N3O2S/c1-5-6-7-8-22-12-21-18-16(19(22)24)15(4)17(26-18)20(25)23-10-13(2)9-14(3)11-23/h12-14H,5-11H2,1-4H3. The number of amides is 1. The molecule has 0 N–H and O–H groups in total. The molecule has 6 heteroatoms. The molecule has 0 aliphatic carbocycles. The van der Waals surface area contributed by atoms with Crippen molar-refractivity contribution in [2.75, 3.05) is 13.1 Å². The molecular formula is C20H29N3O2S. The Bertz CT molecular complexity index is 845. The zero-order valence-corrected chi connectivity index (χ0v) is 17.1. The number of hydrogen-bond donors (Lipinski definition) is 0. The number of thiophene rings is 1. The Morgan fingerprint density at radius 2 is 1.96 bits per heavy atom. The van der Waals surface area contributed by atoms with Gasteiger partial charge < -0.3 is 4.90 Å². The maximum absolute atomic E-state index is 13.1. The fourth-order valence-corrected chi connectivity index (χ4v) is 5.13. The van der Waals surface area contributed by atoms with Gasteiger partial charge in [0.2, 0.25) is 0 Å². The van der Waals surface area contributed by atoms with Gasteiger partial charge >= 0.3 is 0 Å². The Hall–Kier alpha value is -1.69. The van der Waals surface area contributed by atoms with E-state index in [2.05, 4.69) is 25.8 Å². The van der Waals surface area contributed by atoms with Crippen LogP contribution in [0.25, 0.3) is 10.2 Å². The van der Waals surface area contributed by atoms with E-state index in [1.165, 1.54) is 17.8 Å². The molecule has 2 aromatic rings. The molecule has 2 aromatic heterocycles. The van der Waals surface area contributed by atoms with Gasteiger partial charge in [0.15, 0.2) is 0 Å². The lowest BCUT2D eigenvalue weighted by Crippen LogP contribution is -2.42. The molecule has 0 bridgehead atoms. The number of carbonyl (C=O) groups is 1. The molecule has 0 radical (unpaired) electrons. The van der Waals surface area contributed by atoms with E-state index in [4.69, 9.17) is 0 Å². The number of hydrogen-bond acceptors (Lipinski definition) is 4. The van der Waals surface area contributed by atoms with E-state index in [1.807, 2.05) is 11.8 Å². The van der Waals surface area contributed by atoms with Crippen LogP contribution < -0.4 is 5.56 Å². The number of carbonyl (C=O) groups excluding carboxylic acids is 1. The van der Waals surface area contributed by atoms with Crippen molar-refractivity contribution in [1.82, 2.24) is 14.5 Å². The zero-order chi connectivity index (χ0) is 18.8. The predicted molar refractivity (Wildman–Crippen MR) is 107 cm³/mol. The molecule has 2 atom stereocenters. The van der Waals surface area contributed by atoms with Crippen LogP contribution in [-0.2, 0) is 6.54 Å². The molecule has 3 heterocycles. The van der Waals surface area contributed by atoms with E-state index in [9.17, 15) is 9.59 Å². The summed E-state index contributed by atoms with van der Waals surface area (Å²) in [5.74, 6) is 1.10. The normalized spacial score (nSPS) is 20.7. The average Bonchev–Trinajstić information content (AvgIpc) is 2.93. The van der Waals surface area contributed by atoms with E-state index in [0.29, 0.717) is 33.5 Å². The number of aromatic nitrogens is 2. The second-order valence-electron chi connectivity index (χ2n) is 7.84. The number of aryl methyl sites for hydroxylation is 2. The van der Waals surface area contributed by atoms with Gasteiger partial charge in [0.25, 0.3) is 11.5 Å². The lowest BCUT2D eigenvalue weighted by molar-refractivity contribution is 0.0627. The Balaban J connectivity index is 1.92. The largest absolute Gasteiger partial charge is 0.337 e. The molecular weight excluding hydrogens is 346 g/mol. The van der Waals surface area contributed by atoms with E-state index >= 15 is 0 Å². The van der Waals surface area contributed by atoms with Crippen LogP contribution in [0.4, 0.5) is 0 Å². The van der Waals surface area contributed by atoms with Gasteiger partial charge in [-0.05, 0) is 37.2 Å². The van der Waals surface area contributed by atoms with Crippen molar-refractivity contribution in [3.05, 3.63) is 27.1 Å². The minimum Gasteiger partial charge on any atom is -0.337 e. The summed E-state index contributed by atoms with van der Waals surface area (Å²) in [5.41, 5.74) is 0.780. The quantitative estimate of drug-likeness (QED) is 0.740. The third-order valence-electron chi connectivity index (χ3n) is 5.27. The summed E-state index contributed by atoms with van der Waals surface area (Å²) in [5, 5.41) is 0.621. The summed E-state index contributed by atoms with van der Waals surface area (Å²) >= 11 is 1.36. The highest BCUT2D eigenvalue weighted by Crippen LogP contribution is 2.30. The van der Waals surface area contributed by atoms with Crippen LogP contribution in [0.5, 0.6) is 0 Å². The van der Waals surface area contributed by atoms with Gasteiger partial charge in [-0.15, -0.1) is 11.3 Å². The van der Waals surface area contributed by atoms with Crippen molar-refractivity contribution < 1.29 is 4.79 Å². The number of unbranched alkanes of at least 4 members (excludes halogenated alkanes) is 2. The van der Waals surface area contributed by atoms with Crippen LogP contribution >= 0.6 is 11.3 Å². The smallest absolute Gasteiger partial charge is 0.264 e. The van der Waals surface area contributed by atoms with Crippen LogP contribution in [0, 0.1) is 18.8 Å². The zero-order valence-electron chi connectivity index (χ0n) is 16.2. The molecule has 0 spiro atoms. The molecule has 3 rings (SSSR count). The number of likely N-dealkylation sites (tertiary alicyclic amines) is 1. The fourth-order valence-electron chi connectivity index (χ4n) is 4.03. The first-order valence-electron chi connectivity index (χ1n) is 9.70. The number of piperidine rings is 1. The van der Waals surface area contributed by atoms with E-state index < -0.39 is 0 Å². The lowest BCUT2D eigenvalue weighted by Gasteiger charge is -2.34. The summed E-state index contributed by atoms with van der Waals surface area (Å²) < 4.78 is 1.69. The second-order valence-corrected chi connectivity index (χ2v) is 8.84. The summed E-state index contributed by atoms with van der Waals surface area (Å²) in [6.45, 7) is 10.7. The number of nitrogens with zero attached hydrogens (tertiary/aromatic N) is 3. The Labute approximate surface area is 159 Å². The molecule has 5 nitrogen and oxygen atoms in total. The molecule has 1 fully saturated rings. The predicted octanol–water partition coefficient (Wildman–Crippen LogP) is 4.07. The third-order valence-corrected chi connectivity index (χ3v) is 6.46. The Kier molecular flexibility index (Phi) is 5.80. The molecule has 2 unspecified atom stereocenters. The fraction of sp³-hybridized carbons (Fsp3) is 0.650. The lowest BCUT2D eigenvalue weighted by atomic mass is 9.92. The molecule has 26 heavy (non-hydrogen) atoms. The van der Waals surface area contributed by atoms with Crippen LogP contribution in [0.2, 0.25) is 0 Å². The minimum absolute atomic E-state index is 0.0146. The maximum atomic E-state index is 13.1. The summed E-state index contributed by atoms with van der Waals surface area (Å²) in [7, 11) is 0. The van der Waals surface area contributed by atoms with Crippen molar-refractivity contribution in [2.24, 2.45) is 11.8 Å². The average molecular weight is 376 g/mol. The highest BCUT2D eigenvalue weighted by atomic mass is 32.1. The van der Waals surface area contributed by atoms with Gasteiger partial charge in [-0.25, -0.2) is 4.98 Å². The minimum atomic E-state index is -0.0146. The van der Waals surface area contributed by atoms with E-state index in [1.54, 1.807) is 10.9 Å². The summed E-state index contributed by atoms with van der Waals surface area (Å²) in [6, 6.07) is 0. The SMILES string of the molecule is CCCCCn1cnc2sc(C(=O)N3CC(C)CC(C)C3)c(C)c2c1=O. The van der Waals surface area contributed by atoms with Crippen LogP contribution in [-0.4, -0.2) is 33.4 Å². The highest BCUT2D eigenvalue weighted by molar-refractivity contribution is 7.20. The van der Waals surface area contributed by atoms with Crippen molar-refractivity contribution in [1.29, 1.82) is 0 Å². The van der Waals surface area contributed by atoms with Crippen LogP contribution in [0.15, 0.2) is 11.1 Å². The molecule has 1 aliphatic heterocycles. The van der Waals surface area contributed by atoms with Gasteiger partial charge in [0.05, 0.1) is 16.6 Å². The van der Waals surface area contributed by atoms with Crippen LogP contribution in [0.1, 0.15) is 61.7 Å². The Morgan fingerprint density at radius 3 is 2.62 bits per heavy atom. The molecule has 0 aromatic carbocycles. The van der Waals surface area contributed by atoms with Crippen LogP contribution in [0.3, 0.4) is 0 Å². The first-order chi connectivity index (χ1) is 12.4. The summed E-state index contributed by atoms with van der Waals surface area (Å²) in [4.78, 5) is 33.7. The van der Waals surface area contributed by atoms with Gasteiger partial charge in [0, 0.05) is 19.6 Å². The van der Waals surface area contributed by atoms with Gasteiger partial charge in [0.1, 0.15) is 4.83 Å². The van der Waals surface area contributed by atoms with Crippen molar-refractivity contribution in [3.8, 4) is 0 Å². The molecule has 1 saturated heterocycles. The highest BCUT2D eigenvalue weighted by Gasteiger charge is 2.29. The first-order valence-corrected chi connectivity index (χ1v) is 10.5. The number of fused-ring (bicyclic) bond motifs is 1. The first kappa shape index (κ1) is 19.1. The third kappa shape index (κ3) is 3.70. The number of rotatable bonds is 5. The van der Waals surface area contributed by atoms with E-state index in [-0.39, 0.29) is 11.5 Å². The van der Waals surface area contributed by atoms with Crippen molar-refractivity contribution in [3.63, 3.8) is 0 Å². The molecule has 1 amide bonds. The van der Waals surface area contributed by atoms with Gasteiger partial charge in [-0.3, -0.25) is 14.2 Å². The maximum Gasteiger partial charge on any atom is 0.264 e. The van der Waals surface area contributed by atoms with Crippen molar-refractivity contribution in [2.45, 2.75) is 59.9 Å². The van der Waals surface area contributed by atoms with Gasteiger partial charge in [-0.1, -0.05) is 33.6 Å². The monoisotopic (exact) mass is 375 g/mol.